The van der Waals surface area contributed by atoms with Gasteiger partial charge in [-0.2, -0.15) is 0 Å². The van der Waals surface area contributed by atoms with E-state index in [1.807, 2.05) is 44.2 Å². The molecule has 1 aliphatic heterocycles. The average Bonchev–Trinajstić information content (AvgIpc) is 2.99. The Hall–Kier alpha value is -2.47. The van der Waals surface area contributed by atoms with Gasteiger partial charge in [0.05, 0.1) is 12.0 Å². The number of amides is 2. The number of methoxy groups -OCH3 is 1. The lowest BCUT2D eigenvalue weighted by Crippen LogP contribution is -2.17. The molecule has 0 unspecified atom stereocenters. The number of hydrogen-bond donors (Lipinski definition) is 1. The fourth-order valence-electron chi connectivity index (χ4n) is 2.62. The highest BCUT2D eigenvalue weighted by atomic mass is 32.2. The van der Waals surface area contributed by atoms with E-state index >= 15 is 0 Å². The second kappa shape index (κ2) is 5.96. The van der Waals surface area contributed by atoms with Crippen LogP contribution in [-0.2, 0) is 4.79 Å². The summed E-state index contributed by atoms with van der Waals surface area (Å²) in [5, 5.41) is 1.94. The van der Waals surface area contributed by atoms with Gasteiger partial charge in [-0.1, -0.05) is 0 Å². The first kappa shape index (κ1) is 15.4. The number of hydrogen-bond acceptors (Lipinski definition) is 4. The van der Waals surface area contributed by atoms with Crippen LogP contribution in [-0.4, -0.2) is 22.8 Å². The molecule has 23 heavy (non-hydrogen) atoms. The van der Waals surface area contributed by atoms with Crippen molar-refractivity contribution in [1.82, 2.24) is 9.88 Å². The molecule has 1 aromatic heterocycles. The van der Waals surface area contributed by atoms with Crippen LogP contribution in [0.2, 0.25) is 0 Å². The van der Waals surface area contributed by atoms with Crippen molar-refractivity contribution in [2.45, 2.75) is 13.8 Å². The van der Waals surface area contributed by atoms with Gasteiger partial charge in [-0.05, 0) is 67.6 Å². The highest BCUT2D eigenvalue weighted by molar-refractivity contribution is 8.18. The van der Waals surface area contributed by atoms with Crippen LogP contribution in [0.1, 0.15) is 17.0 Å². The lowest BCUT2D eigenvalue weighted by molar-refractivity contribution is -0.115. The fraction of sp³-hybridized carbons (Fsp3) is 0.176. The minimum absolute atomic E-state index is 0.329. The molecule has 1 fully saturated rings. The van der Waals surface area contributed by atoms with Crippen molar-refractivity contribution in [3.8, 4) is 11.4 Å². The molecular formula is C17H16N2O3S. The number of aromatic nitrogens is 1. The van der Waals surface area contributed by atoms with Gasteiger partial charge in [0.15, 0.2) is 0 Å². The fourth-order valence-corrected chi connectivity index (χ4v) is 3.30. The normalized spacial score (nSPS) is 16.0. The van der Waals surface area contributed by atoms with Crippen molar-refractivity contribution in [3.63, 3.8) is 0 Å². The predicted molar refractivity (Wildman–Crippen MR) is 90.9 cm³/mol. The van der Waals surface area contributed by atoms with Crippen molar-refractivity contribution in [1.29, 1.82) is 0 Å². The summed E-state index contributed by atoms with van der Waals surface area (Å²) in [4.78, 5) is 23.4. The monoisotopic (exact) mass is 328 g/mol. The molecule has 2 aromatic rings. The Bertz CT molecular complexity index is 819. The van der Waals surface area contributed by atoms with E-state index < -0.39 is 0 Å². The third kappa shape index (κ3) is 2.90. The topological polar surface area (TPSA) is 60.3 Å². The number of nitrogens with one attached hydrogen (secondary N) is 1. The van der Waals surface area contributed by atoms with E-state index in [2.05, 4.69) is 9.88 Å². The number of ether oxygens (including phenoxy) is 1. The second-order valence-electron chi connectivity index (χ2n) is 5.21. The maximum absolute atomic E-state index is 11.7. The lowest BCUT2D eigenvalue weighted by atomic mass is 10.2. The third-order valence-corrected chi connectivity index (χ3v) is 4.54. The van der Waals surface area contributed by atoms with Gasteiger partial charge in [0.25, 0.3) is 11.1 Å². The molecule has 0 radical (unpaired) electrons. The molecule has 1 N–H and O–H groups in total. The molecule has 0 atom stereocenters. The molecule has 5 nitrogen and oxygen atoms in total. The molecule has 3 rings (SSSR count). The van der Waals surface area contributed by atoms with E-state index in [0.717, 1.165) is 40.2 Å². The summed E-state index contributed by atoms with van der Waals surface area (Å²) in [7, 11) is 1.64. The first-order chi connectivity index (χ1) is 11.0. The smallest absolute Gasteiger partial charge is 0.290 e. The van der Waals surface area contributed by atoms with Crippen LogP contribution < -0.4 is 10.1 Å². The van der Waals surface area contributed by atoms with Crippen molar-refractivity contribution in [2.24, 2.45) is 0 Å². The van der Waals surface area contributed by atoms with Crippen LogP contribution in [0, 0.1) is 13.8 Å². The van der Waals surface area contributed by atoms with E-state index in [1.165, 1.54) is 0 Å². The Labute approximate surface area is 138 Å². The number of aryl methyl sites for hydroxylation is 1. The van der Waals surface area contributed by atoms with Crippen LogP contribution in [0.5, 0.6) is 5.75 Å². The van der Waals surface area contributed by atoms with Gasteiger partial charge < -0.3 is 9.30 Å². The zero-order valence-electron chi connectivity index (χ0n) is 13.0. The Balaban J connectivity index is 2.01. The quantitative estimate of drug-likeness (QED) is 0.877. The molecule has 1 saturated heterocycles. The van der Waals surface area contributed by atoms with Gasteiger partial charge in [-0.25, -0.2) is 0 Å². The lowest BCUT2D eigenvalue weighted by Gasteiger charge is -2.10. The zero-order valence-corrected chi connectivity index (χ0v) is 13.9. The number of imide groups is 1. The van der Waals surface area contributed by atoms with Gasteiger partial charge in [0.1, 0.15) is 5.75 Å². The summed E-state index contributed by atoms with van der Waals surface area (Å²) in [5.74, 6) is 0.463. The number of carbonyl (C=O) groups excluding carboxylic acids is 2. The zero-order chi connectivity index (χ0) is 16.6. The first-order valence-corrected chi connectivity index (χ1v) is 7.89. The first-order valence-electron chi connectivity index (χ1n) is 7.08. The van der Waals surface area contributed by atoms with Crippen LogP contribution in [0.3, 0.4) is 0 Å². The summed E-state index contributed by atoms with van der Waals surface area (Å²) in [6.07, 6.45) is 1.76. The van der Waals surface area contributed by atoms with E-state index in [4.69, 9.17) is 4.74 Å². The van der Waals surface area contributed by atoms with Gasteiger partial charge in [-0.3, -0.25) is 14.9 Å². The van der Waals surface area contributed by atoms with E-state index in [1.54, 1.807) is 13.2 Å². The van der Waals surface area contributed by atoms with Crippen molar-refractivity contribution in [2.75, 3.05) is 7.11 Å². The molecular weight excluding hydrogens is 312 g/mol. The molecule has 2 amide bonds. The minimum Gasteiger partial charge on any atom is -0.497 e. The molecule has 0 bridgehead atoms. The number of thioether (sulfide) groups is 1. The maximum Gasteiger partial charge on any atom is 0.290 e. The molecule has 118 valence electrons. The molecule has 2 heterocycles. The highest BCUT2D eigenvalue weighted by Gasteiger charge is 2.25. The Morgan fingerprint density at radius 2 is 1.87 bits per heavy atom. The van der Waals surface area contributed by atoms with E-state index in [9.17, 15) is 9.59 Å². The van der Waals surface area contributed by atoms with Crippen LogP contribution in [0.4, 0.5) is 4.79 Å². The van der Waals surface area contributed by atoms with Crippen LogP contribution >= 0.6 is 11.8 Å². The Morgan fingerprint density at radius 3 is 2.43 bits per heavy atom. The number of carbonyl (C=O) groups is 2. The van der Waals surface area contributed by atoms with Crippen molar-refractivity contribution in [3.05, 3.63) is 52.2 Å². The molecule has 0 aliphatic carbocycles. The highest BCUT2D eigenvalue weighted by Crippen LogP contribution is 2.29. The minimum atomic E-state index is -0.339. The van der Waals surface area contributed by atoms with E-state index in [0.29, 0.717) is 4.91 Å². The van der Waals surface area contributed by atoms with Crippen LogP contribution in [0.15, 0.2) is 35.2 Å². The largest absolute Gasteiger partial charge is 0.497 e. The predicted octanol–water partition coefficient (Wildman–Crippen LogP) is 3.43. The summed E-state index contributed by atoms with van der Waals surface area (Å²) < 4.78 is 7.29. The van der Waals surface area contributed by atoms with Crippen LogP contribution in [0.25, 0.3) is 11.8 Å². The Morgan fingerprint density at radius 1 is 1.17 bits per heavy atom. The maximum atomic E-state index is 11.7. The van der Waals surface area contributed by atoms with Gasteiger partial charge in [-0.15, -0.1) is 0 Å². The summed E-state index contributed by atoms with van der Waals surface area (Å²) >= 11 is 0.929. The van der Waals surface area contributed by atoms with Gasteiger partial charge in [0.2, 0.25) is 0 Å². The molecule has 1 aliphatic rings. The summed E-state index contributed by atoms with van der Waals surface area (Å²) in [5.41, 5.74) is 4.00. The number of nitrogens with zero attached hydrogens (tertiary/aromatic N) is 1. The second-order valence-corrected chi connectivity index (χ2v) is 6.23. The van der Waals surface area contributed by atoms with Gasteiger partial charge in [0, 0.05) is 17.1 Å². The molecule has 0 spiro atoms. The molecule has 6 heteroatoms. The van der Waals surface area contributed by atoms with Crippen molar-refractivity contribution >= 4 is 29.0 Å². The summed E-state index contributed by atoms with van der Waals surface area (Å²) in [6.45, 7) is 4.00. The average molecular weight is 328 g/mol. The summed E-state index contributed by atoms with van der Waals surface area (Å²) in [6, 6.07) is 9.78. The SMILES string of the molecule is COc1ccc(-n2c(C)cc(/C=C3\SC(=O)NC3=O)c2C)cc1. The third-order valence-electron chi connectivity index (χ3n) is 3.73. The molecule has 1 aromatic carbocycles. The van der Waals surface area contributed by atoms with E-state index in [-0.39, 0.29) is 11.1 Å². The number of benzene rings is 1. The Kier molecular flexibility index (Phi) is 4.00. The standard InChI is InChI=1S/C17H16N2O3S/c1-10-8-12(9-15-16(20)18-17(21)23-15)11(2)19(10)13-4-6-14(22-3)7-5-13/h4-9H,1-3H3,(H,18,20,21)/b15-9-. The number of rotatable bonds is 3. The van der Waals surface area contributed by atoms with Crippen molar-refractivity contribution < 1.29 is 14.3 Å². The van der Waals surface area contributed by atoms with Gasteiger partial charge >= 0.3 is 0 Å². The molecule has 0 saturated carbocycles.